The predicted octanol–water partition coefficient (Wildman–Crippen LogP) is 3.33. The lowest BCUT2D eigenvalue weighted by Gasteiger charge is -2.39. The van der Waals surface area contributed by atoms with E-state index in [0.29, 0.717) is 18.7 Å². The molecule has 3 aromatic rings. The van der Waals surface area contributed by atoms with Gasteiger partial charge in [0.05, 0.1) is 17.8 Å². The Morgan fingerprint density at radius 1 is 0.857 bits per heavy atom. The maximum atomic E-state index is 12.7. The Kier molecular flexibility index (Phi) is 5.35. The first-order chi connectivity index (χ1) is 13.7. The van der Waals surface area contributed by atoms with Crippen molar-refractivity contribution in [2.24, 2.45) is 0 Å². The smallest absolute Gasteiger partial charge is 0.255 e. The fourth-order valence-electron chi connectivity index (χ4n) is 3.80. The number of carbonyl (C=O) groups excluding carboxylic acids is 1. The van der Waals surface area contributed by atoms with Crippen molar-refractivity contribution in [1.82, 2.24) is 14.8 Å². The molecule has 0 aliphatic carbocycles. The minimum atomic E-state index is -0.0842. The fraction of sp³-hybridized carbons (Fsp3) is 0.217. The molecule has 0 radical (unpaired) electrons. The molecule has 1 aromatic heterocycles. The van der Waals surface area contributed by atoms with Gasteiger partial charge in [-0.15, -0.1) is 0 Å². The summed E-state index contributed by atoms with van der Waals surface area (Å²) in [4.78, 5) is 20.9. The number of aromatic hydroxyl groups is 1. The first kappa shape index (κ1) is 18.2. The average molecular weight is 373 g/mol. The third-order valence-corrected chi connectivity index (χ3v) is 5.17. The van der Waals surface area contributed by atoms with Crippen LogP contribution >= 0.6 is 0 Å². The highest BCUT2D eigenvalue weighted by atomic mass is 16.3. The molecule has 28 heavy (non-hydrogen) atoms. The zero-order chi connectivity index (χ0) is 19.3. The topological polar surface area (TPSA) is 56.7 Å². The Bertz CT molecular complexity index is 883. The van der Waals surface area contributed by atoms with E-state index in [-0.39, 0.29) is 17.7 Å². The number of nitrogens with zero attached hydrogens (tertiary/aromatic N) is 3. The molecule has 0 saturated carbocycles. The number of benzene rings is 2. The monoisotopic (exact) mass is 373 g/mol. The number of aromatic nitrogens is 1. The first-order valence-corrected chi connectivity index (χ1v) is 9.49. The van der Waals surface area contributed by atoms with Crippen LogP contribution in [-0.4, -0.2) is 52.0 Å². The van der Waals surface area contributed by atoms with Crippen molar-refractivity contribution in [3.05, 3.63) is 95.8 Å². The van der Waals surface area contributed by atoms with Crippen molar-refractivity contribution >= 4 is 5.91 Å². The second-order valence-corrected chi connectivity index (χ2v) is 6.98. The number of hydrogen-bond donors (Lipinski definition) is 1. The van der Waals surface area contributed by atoms with Crippen LogP contribution in [0.15, 0.2) is 79.1 Å². The number of pyridine rings is 1. The van der Waals surface area contributed by atoms with Crippen molar-refractivity contribution in [3.63, 3.8) is 0 Å². The summed E-state index contributed by atoms with van der Waals surface area (Å²) in [7, 11) is 0. The van der Waals surface area contributed by atoms with Gasteiger partial charge in [0.2, 0.25) is 0 Å². The summed E-state index contributed by atoms with van der Waals surface area (Å²) < 4.78 is 0. The van der Waals surface area contributed by atoms with E-state index in [1.54, 1.807) is 0 Å². The lowest BCUT2D eigenvalue weighted by molar-refractivity contribution is 0.0596. The Labute approximate surface area is 164 Å². The molecule has 0 atom stereocenters. The van der Waals surface area contributed by atoms with Gasteiger partial charge in [0.25, 0.3) is 5.91 Å². The van der Waals surface area contributed by atoms with Gasteiger partial charge in [-0.05, 0) is 17.2 Å². The molecule has 1 aliphatic heterocycles. The van der Waals surface area contributed by atoms with E-state index in [9.17, 15) is 9.90 Å². The quantitative estimate of drug-likeness (QED) is 0.762. The van der Waals surface area contributed by atoms with Gasteiger partial charge in [-0.25, -0.2) is 0 Å². The Balaban J connectivity index is 1.51. The van der Waals surface area contributed by atoms with Gasteiger partial charge in [-0.2, -0.15) is 0 Å². The molecule has 1 saturated heterocycles. The summed E-state index contributed by atoms with van der Waals surface area (Å²) in [5, 5.41) is 9.59. The first-order valence-electron chi connectivity index (χ1n) is 9.49. The van der Waals surface area contributed by atoms with Gasteiger partial charge in [-0.1, -0.05) is 60.7 Å². The largest absolute Gasteiger partial charge is 0.506 e. The predicted molar refractivity (Wildman–Crippen MR) is 108 cm³/mol. The molecule has 0 unspecified atom stereocenters. The van der Waals surface area contributed by atoms with Crippen molar-refractivity contribution in [2.45, 2.75) is 6.04 Å². The van der Waals surface area contributed by atoms with E-state index in [1.807, 2.05) is 17.0 Å². The third-order valence-electron chi connectivity index (χ3n) is 5.17. The molecule has 1 aliphatic rings. The average Bonchev–Trinajstić information content (AvgIpc) is 2.75. The summed E-state index contributed by atoms with van der Waals surface area (Å²) in [5.41, 5.74) is 2.94. The van der Waals surface area contributed by atoms with E-state index in [2.05, 4.69) is 58.4 Å². The third kappa shape index (κ3) is 3.89. The van der Waals surface area contributed by atoms with E-state index in [1.165, 1.54) is 29.6 Å². The van der Waals surface area contributed by atoms with Crippen LogP contribution in [0.25, 0.3) is 0 Å². The van der Waals surface area contributed by atoms with Gasteiger partial charge in [0, 0.05) is 32.4 Å². The minimum Gasteiger partial charge on any atom is -0.506 e. The summed E-state index contributed by atoms with van der Waals surface area (Å²) in [6, 6.07) is 22.6. The molecule has 142 valence electrons. The molecular formula is C23H23N3O2. The van der Waals surface area contributed by atoms with Crippen molar-refractivity contribution in [1.29, 1.82) is 0 Å². The van der Waals surface area contributed by atoms with Crippen LogP contribution in [0.2, 0.25) is 0 Å². The Morgan fingerprint density at radius 2 is 1.43 bits per heavy atom. The molecule has 4 rings (SSSR count). The highest BCUT2D eigenvalue weighted by Crippen LogP contribution is 2.29. The maximum Gasteiger partial charge on any atom is 0.255 e. The maximum absolute atomic E-state index is 12.7. The van der Waals surface area contributed by atoms with Crippen LogP contribution in [0.4, 0.5) is 0 Å². The van der Waals surface area contributed by atoms with Crippen molar-refractivity contribution in [3.8, 4) is 5.75 Å². The summed E-state index contributed by atoms with van der Waals surface area (Å²) >= 11 is 0. The lowest BCUT2D eigenvalue weighted by atomic mass is 9.96. The van der Waals surface area contributed by atoms with Gasteiger partial charge in [0.1, 0.15) is 5.75 Å². The fourth-order valence-corrected chi connectivity index (χ4v) is 3.80. The summed E-state index contributed by atoms with van der Waals surface area (Å²) in [5.74, 6) is -0.0725. The number of piperazine rings is 1. The Morgan fingerprint density at radius 3 is 1.96 bits per heavy atom. The standard InChI is InChI=1S/C23H23N3O2/c27-21-15-20(16-24-17-21)23(28)26-13-11-25(12-14-26)22(18-7-3-1-4-8-18)19-9-5-2-6-10-19/h1-10,15-17,22,27H,11-14H2. The number of carbonyl (C=O) groups is 1. The summed E-state index contributed by atoms with van der Waals surface area (Å²) in [6.45, 7) is 2.86. The van der Waals surface area contributed by atoms with E-state index < -0.39 is 0 Å². The zero-order valence-corrected chi connectivity index (χ0v) is 15.6. The van der Waals surface area contributed by atoms with Gasteiger partial charge in [0.15, 0.2) is 0 Å². The Hall–Kier alpha value is -3.18. The van der Waals surface area contributed by atoms with Gasteiger partial charge in [-0.3, -0.25) is 14.7 Å². The molecule has 5 heteroatoms. The summed E-state index contributed by atoms with van der Waals surface area (Å²) in [6.07, 6.45) is 2.84. The van der Waals surface area contributed by atoms with E-state index >= 15 is 0 Å². The van der Waals surface area contributed by atoms with E-state index in [4.69, 9.17) is 0 Å². The molecule has 1 N–H and O–H groups in total. The second kappa shape index (κ2) is 8.23. The highest BCUT2D eigenvalue weighted by molar-refractivity contribution is 5.94. The number of amides is 1. The van der Waals surface area contributed by atoms with Crippen LogP contribution in [0.1, 0.15) is 27.5 Å². The molecule has 2 heterocycles. The van der Waals surface area contributed by atoms with E-state index in [0.717, 1.165) is 13.1 Å². The molecule has 2 aromatic carbocycles. The minimum absolute atomic E-state index is 0.0118. The molecular weight excluding hydrogens is 350 g/mol. The van der Waals surface area contributed by atoms with Crippen LogP contribution in [0, 0.1) is 0 Å². The van der Waals surface area contributed by atoms with Crippen LogP contribution < -0.4 is 0 Å². The molecule has 0 spiro atoms. The lowest BCUT2D eigenvalue weighted by Crippen LogP contribution is -2.49. The molecule has 1 fully saturated rings. The zero-order valence-electron chi connectivity index (χ0n) is 15.6. The molecule has 0 bridgehead atoms. The molecule has 5 nitrogen and oxygen atoms in total. The highest BCUT2D eigenvalue weighted by Gasteiger charge is 2.28. The van der Waals surface area contributed by atoms with Crippen molar-refractivity contribution < 1.29 is 9.90 Å². The van der Waals surface area contributed by atoms with Crippen LogP contribution in [-0.2, 0) is 0 Å². The van der Waals surface area contributed by atoms with Crippen LogP contribution in [0.3, 0.4) is 0 Å². The normalized spacial score (nSPS) is 15.0. The van der Waals surface area contributed by atoms with Crippen molar-refractivity contribution in [2.75, 3.05) is 26.2 Å². The van der Waals surface area contributed by atoms with Crippen LogP contribution in [0.5, 0.6) is 5.75 Å². The second-order valence-electron chi connectivity index (χ2n) is 6.98. The van der Waals surface area contributed by atoms with Gasteiger partial charge < -0.3 is 10.0 Å². The number of rotatable bonds is 4. The SMILES string of the molecule is O=C(c1cncc(O)c1)N1CCN(C(c2ccccc2)c2ccccc2)CC1. The number of hydrogen-bond acceptors (Lipinski definition) is 4. The van der Waals surface area contributed by atoms with Gasteiger partial charge >= 0.3 is 0 Å². The molecule has 1 amide bonds.